The molecule has 12 atom stereocenters. The molecule has 2 fully saturated rings. The number of aliphatic hydroxyl groups is 8. The fraction of sp³-hybridized carbons (Fsp3) is 0.924. The number of amides is 1. The Morgan fingerprint density at radius 2 is 0.787 bits per heavy atom. The summed E-state index contributed by atoms with van der Waals surface area (Å²) in [5, 5.41) is 87.3. The number of hydrogen-bond acceptors (Lipinski definition) is 13. The van der Waals surface area contributed by atoms with Gasteiger partial charge in [0.25, 0.3) is 0 Å². The fourth-order valence-electron chi connectivity index (χ4n) is 11.2. The van der Waals surface area contributed by atoms with Crippen molar-refractivity contribution in [2.75, 3.05) is 19.8 Å². The molecule has 9 N–H and O–H groups in total. The monoisotopic (exact) mass is 1140 g/mol. The van der Waals surface area contributed by atoms with Crippen molar-refractivity contribution in [3.05, 3.63) is 24.3 Å². The van der Waals surface area contributed by atoms with Crippen molar-refractivity contribution >= 4 is 5.91 Å². The van der Waals surface area contributed by atoms with E-state index in [-0.39, 0.29) is 18.9 Å². The van der Waals surface area contributed by atoms with Gasteiger partial charge in [0.1, 0.15) is 48.8 Å². The molecule has 2 aliphatic heterocycles. The minimum Gasteiger partial charge on any atom is -0.394 e. The maximum atomic E-state index is 13.3. The summed E-state index contributed by atoms with van der Waals surface area (Å²) < 4.78 is 22.8. The van der Waals surface area contributed by atoms with Crippen LogP contribution in [0.1, 0.15) is 296 Å². The number of unbranched alkanes of at least 4 members (excludes halogenated alkanes) is 40. The Bertz CT molecular complexity index is 1440. The Kier molecular flexibility index (Phi) is 48.3. The van der Waals surface area contributed by atoms with E-state index < -0.39 is 86.8 Å². The number of nitrogens with one attached hydrogen (secondary N) is 1. The maximum absolute atomic E-state index is 13.3. The Morgan fingerprint density at radius 3 is 1.19 bits per heavy atom. The molecule has 80 heavy (non-hydrogen) atoms. The Balaban J connectivity index is 1.71. The average molecular weight is 1140 g/mol. The molecule has 0 aromatic carbocycles. The van der Waals surface area contributed by atoms with Crippen LogP contribution >= 0.6 is 0 Å². The number of allylic oxidation sites excluding steroid dienone is 3. The second kappa shape index (κ2) is 51.9. The summed E-state index contributed by atoms with van der Waals surface area (Å²) in [6, 6.07) is -0.915. The van der Waals surface area contributed by atoms with Crippen molar-refractivity contribution < 1.29 is 64.6 Å². The van der Waals surface area contributed by atoms with Gasteiger partial charge in [0.15, 0.2) is 12.6 Å². The van der Waals surface area contributed by atoms with E-state index in [1.165, 1.54) is 231 Å². The molecule has 14 heteroatoms. The van der Waals surface area contributed by atoms with E-state index in [1.54, 1.807) is 6.08 Å². The van der Waals surface area contributed by atoms with E-state index in [0.717, 1.165) is 38.5 Å². The van der Waals surface area contributed by atoms with Gasteiger partial charge in [0, 0.05) is 6.42 Å². The molecule has 0 saturated carbocycles. The second-order valence-corrected chi connectivity index (χ2v) is 24.0. The predicted octanol–water partition coefficient (Wildman–Crippen LogP) is 12.8. The van der Waals surface area contributed by atoms with Gasteiger partial charge in [-0.2, -0.15) is 0 Å². The first-order valence-electron chi connectivity index (χ1n) is 33.6. The fourth-order valence-corrected chi connectivity index (χ4v) is 11.2. The largest absolute Gasteiger partial charge is 0.394 e. The van der Waals surface area contributed by atoms with Gasteiger partial charge in [-0.3, -0.25) is 4.79 Å². The van der Waals surface area contributed by atoms with E-state index >= 15 is 0 Å². The highest BCUT2D eigenvalue weighted by atomic mass is 16.7. The third-order valence-corrected chi connectivity index (χ3v) is 16.6. The zero-order valence-electron chi connectivity index (χ0n) is 51.1. The van der Waals surface area contributed by atoms with Crippen LogP contribution in [0.4, 0.5) is 0 Å². The highest BCUT2D eigenvalue weighted by molar-refractivity contribution is 5.76. The minimum absolute atomic E-state index is 0.237. The SMILES string of the molecule is CCCCCCCCCC/C=C\CCCCCCCCCCCC(=O)NC(COC1OC(CO)C(OC2OC(CO)C(O)C(O)C2O)C(O)C1O)C(O)/C=C/CCCCCCCCCCCCCCCCCCCCCCCCC. The van der Waals surface area contributed by atoms with Crippen molar-refractivity contribution in [2.45, 2.75) is 370 Å². The summed E-state index contributed by atoms with van der Waals surface area (Å²) in [5.41, 5.74) is 0. The summed E-state index contributed by atoms with van der Waals surface area (Å²) in [6.07, 6.45) is 46.5. The molecule has 2 saturated heterocycles. The van der Waals surface area contributed by atoms with Gasteiger partial charge in [0.2, 0.25) is 5.91 Å². The molecule has 0 aromatic rings. The second-order valence-electron chi connectivity index (χ2n) is 24.0. The Hall–Kier alpha value is -1.53. The molecule has 0 radical (unpaired) electrons. The molecule has 12 unspecified atom stereocenters. The van der Waals surface area contributed by atoms with Crippen LogP contribution in [0.15, 0.2) is 24.3 Å². The quantitative estimate of drug-likeness (QED) is 0.0204. The first kappa shape index (κ1) is 74.6. The predicted molar refractivity (Wildman–Crippen MR) is 323 cm³/mol. The van der Waals surface area contributed by atoms with Gasteiger partial charge in [-0.05, 0) is 44.9 Å². The summed E-state index contributed by atoms with van der Waals surface area (Å²) in [4.78, 5) is 13.3. The molecule has 2 rings (SSSR count). The minimum atomic E-state index is -1.79. The van der Waals surface area contributed by atoms with Crippen molar-refractivity contribution in [1.82, 2.24) is 5.32 Å². The highest BCUT2D eigenvalue weighted by Gasteiger charge is 2.51. The van der Waals surface area contributed by atoms with Crippen molar-refractivity contribution in [3.63, 3.8) is 0 Å². The third kappa shape index (κ3) is 36.3. The molecular weight excluding hydrogens is 1010 g/mol. The van der Waals surface area contributed by atoms with Crippen LogP contribution in [0.25, 0.3) is 0 Å². The lowest BCUT2D eigenvalue weighted by molar-refractivity contribution is -0.359. The van der Waals surface area contributed by atoms with Crippen LogP contribution in [0, 0.1) is 0 Å². The number of hydrogen-bond donors (Lipinski definition) is 9. The van der Waals surface area contributed by atoms with Gasteiger partial charge in [-0.1, -0.05) is 269 Å². The normalized spacial score (nSPS) is 24.3. The molecule has 0 spiro atoms. The Labute approximate surface area is 488 Å². The average Bonchev–Trinajstić information content (AvgIpc) is 3.46. The van der Waals surface area contributed by atoms with Gasteiger partial charge in [-0.25, -0.2) is 0 Å². The molecule has 1 amide bonds. The smallest absolute Gasteiger partial charge is 0.220 e. The number of carbonyl (C=O) groups excluding carboxylic acids is 1. The van der Waals surface area contributed by atoms with Crippen LogP contribution in [-0.4, -0.2) is 140 Å². The van der Waals surface area contributed by atoms with Gasteiger partial charge < -0.3 is 65.1 Å². The van der Waals surface area contributed by atoms with E-state index in [9.17, 15) is 45.6 Å². The number of carbonyl (C=O) groups is 1. The van der Waals surface area contributed by atoms with Crippen LogP contribution in [-0.2, 0) is 23.7 Å². The van der Waals surface area contributed by atoms with Crippen LogP contribution < -0.4 is 5.32 Å². The zero-order valence-corrected chi connectivity index (χ0v) is 51.1. The number of aliphatic hydroxyl groups excluding tert-OH is 8. The standard InChI is InChI=1S/C66H125NO13/c1-3-5-7-9-11-13-15-17-19-21-23-25-26-27-28-30-31-33-35-37-39-41-43-45-47-49-55(70)54(53-77-65-63(76)61(74)64(57(52-69)79-65)80-66-62(75)60(73)59(72)56(51-68)78-66)67-58(71)50-48-46-44-42-40-38-36-34-32-29-24-22-20-18-16-14-12-10-8-6-4-2/h22,24,47,49,54-57,59-66,68-70,72-76H,3-21,23,25-46,48,50-53H2,1-2H3,(H,67,71)/b24-22-,49-47+. The summed E-state index contributed by atoms with van der Waals surface area (Å²) >= 11 is 0. The lowest BCUT2D eigenvalue weighted by Gasteiger charge is -2.46. The third-order valence-electron chi connectivity index (χ3n) is 16.6. The topological polar surface area (TPSA) is 228 Å². The Morgan fingerprint density at radius 1 is 0.438 bits per heavy atom. The van der Waals surface area contributed by atoms with Gasteiger partial charge in [-0.15, -0.1) is 0 Å². The molecular formula is C66H125NO13. The maximum Gasteiger partial charge on any atom is 0.220 e. The van der Waals surface area contributed by atoms with E-state index in [0.29, 0.717) is 6.42 Å². The van der Waals surface area contributed by atoms with E-state index in [4.69, 9.17) is 18.9 Å². The first-order valence-corrected chi connectivity index (χ1v) is 33.6. The zero-order chi connectivity index (χ0) is 58.1. The molecule has 472 valence electrons. The lowest BCUT2D eigenvalue weighted by Crippen LogP contribution is -2.65. The molecule has 2 aliphatic rings. The van der Waals surface area contributed by atoms with Gasteiger partial charge >= 0.3 is 0 Å². The molecule has 0 bridgehead atoms. The van der Waals surface area contributed by atoms with E-state index in [1.807, 2.05) is 6.08 Å². The van der Waals surface area contributed by atoms with Crippen molar-refractivity contribution in [2.24, 2.45) is 0 Å². The number of rotatable bonds is 55. The van der Waals surface area contributed by atoms with Crippen LogP contribution in [0.3, 0.4) is 0 Å². The summed E-state index contributed by atoms with van der Waals surface area (Å²) in [7, 11) is 0. The number of ether oxygens (including phenoxy) is 4. The van der Waals surface area contributed by atoms with E-state index in [2.05, 4.69) is 31.3 Å². The lowest BCUT2D eigenvalue weighted by atomic mass is 9.97. The molecule has 0 aliphatic carbocycles. The first-order chi connectivity index (χ1) is 39.1. The van der Waals surface area contributed by atoms with Crippen LogP contribution in [0.5, 0.6) is 0 Å². The summed E-state index contributed by atoms with van der Waals surface area (Å²) in [6.45, 7) is 2.84. The molecule has 2 heterocycles. The molecule has 14 nitrogen and oxygen atoms in total. The van der Waals surface area contributed by atoms with Crippen molar-refractivity contribution in [1.29, 1.82) is 0 Å². The highest BCUT2D eigenvalue weighted by Crippen LogP contribution is 2.30. The van der Waals surface area contributed by atoms with Gasteiger partial charge in [0.05, 0.1) is 32.0 Å². The van der Waals surface area contributed by atoms with Crippen molar-refractivity contribution in [3.8, 4) is 0 Å². The summed E-state index contributed by atoms with van der Waals surface area (Å²) in [5.74, 6) is -0.237. The van der Waals surface area contributed by atoms with Crippen LogP contribution in [0.2, 0.25) is 0 Å². The molecule has 0 aromatic heterocycles.